The molecule has 0 unspecified atom stereocenters. The standard InChI is InChI=1S/C20H17FN2O3S/c21-14-10-13-15(11-16(14)23-6-8-27-9-7-23)22-18(12-4-2-1-3-5-12)17(19(13)24)20(25)26/h1-5,10-11H,6-9H2,(H,22,24)(H,25,26). The van der Waals surface area contributed by atoms with E-state index in [1.165, 1.54) is 0 Å². The molecule has 1 saturated heterocycles. The van der Waals surface area contributed by atoms with E-state index >= 15 is 0 Å². The minimum absolute atomic E-state index is 0.0414. The normalized spacial score (nSPS) is 14.5. The number of anilines is 1. The third-order valence-corrected chi connectivity index (χ3v) is 5.64. The Kier molecular flexibility index (Phi) is 4.61. The fourth-order valence-electron chi connectivity index (χ4n) is 3.37. The first-order chi connectivity index (χ1) is 13.1. The average molecular weight is 384 g/mol. The molecule has 5 nitrogen and oxygen atoms in total. The van der Waals surface area contributed by atoms with Crippen molar-refractivity contribution in [3.8, 4) is 11.3 Å². The molecule has 0 spiro atoms. The van der Waals surface area contributed by atoms with Crippen molar-refractivity contribution in [2.75, 3.05) is 29.5 Å². The highest BCUT2D eigenvalue weighted by Gasteiger charge is 2.22. The fourth-order valence-corrected chi connectivity index (χ4v) is 4.27. The number of nitrogens with zero attached hydrogens (tertiary/aromatic N) is 1. The number of carboxylic acids is 1. The molecule has 0 atom stereocenters. The highest BCUT2D eigenvalue weighted by atomic mass is 32.2. The molecule has 1 aliphatic rings. The maximum atomic E-state index is 14.7. The number of rotatable bonds is 3. The number of benzene rings is 2. The number of halogens is 1. The third kappa shape index (κ3) is 3.19. The highest BCUT2D eigenvalue weighted by Crippen LogP contribution is 2.29. The van der Waals surface area contributed by atoms with Gasteiger partial charge in [0, 0.05) is 30.0 Å². The number of aromatic nitrogens is 1. The molecule has 1 aromatic heterocycles. The van der Waals surface area contributed by atoms with Gasteiger partial charge in [0.1, 0.15) is 11.4 Å². The SMILES string of the molecule is O=C(O)c1c(-c2ccccc2)[nH]c2cc(N3CCSCC3)c(F)cc2c1=O. The zero-order valence-electron chi connectivity index (χ0n) is 14.4. The van der Waals surface area contributed by atoms with Gasteiger partial charge >= 0.3 is 5.97 Å². The van der Waals surface area contributed by atoms with Gasteiger partial charge in [0.05, 0.1) is 16.9 Å². The van der Waals surface area contributed by atoms with E-state index in [9.17, 15) is 19.1 Å². The van der Waals surface area contributed by atoms with Crippen molar-refractivity contribution in [1.82, 2.24) is 4.98 Å². The molecule has 2 aromatic carbocycles. The molecule has 1 aliphatic heterocycles. The van der Waals surface area contributed by atoms with E-state index in [2.05, 4.69) is 4.98 Å². The molecule has 3 aromatic rings. The fraction of sp³-hybridized carbons (Fsp3) is 0.200. The van der Waals surface area contributed by atoms with Gasteiger partial charge in [-0.1, -0.05) is 30.3 Å². The Morgan fingerprint density at radius 2 is 1.85 bits per heavy atom. The monoisotopic (exact) mass is 384 g/mol. The maximum Gasteiger partial charge on any atom is 0.341 e. The van der Waals surface area contributed by atoms with E-state index in [1.54, 1.807) is 30.3 Å². The molecular weight excluding hydrogens is 367 g/mol. The van der Waals surface area contributed by atoms with Crippen LogP contribution in [0.15, 0.2) is 47.3 Å². The Balaban J connectivity index is 1.97. The predicted octanol–water partition coefficient (Wildman–Crippen LogP) is 3.59. The summed E-state index contributed by atoms with van der Waals surface area (Å²) in [7, 11) is 0. The second-order valence-corrected chi connectivity index (χ2v) is 7.55. The summed E-state index contributed by atoms with van der Waals surface area (Å²) in [6.45, 7) is 1.46. The topological polar surface area (TPSA) is 73.4 Å². The molecule has 1 fully saturated rings. The molecule has 27 heavy (non-hydrogen) atoms. The van der Waals surface area contributed by atoms with Crippen molar-refractivity contribution in [3.05, 3.63) is 64.1 Å². The van der Waals surface area contributed by atoms with E-state index in [1.807, 2.05) is 22.7 Å². The number of pyridine rings is 1. The molecule has 0 radical (unpaired) electrons. The van der Waals surface area contributed by atoms with Crippen LogP contribution < -0.4 is 10.3 Å². The van der Waals surface area contributed by atoms with E-state index < -0.39 is 17.2 Å². The van der Waals surface area contributed by atoms with Crippen LogP contribution in [0.5, 0.6) is 0 Å². The average Bonchev–Trinajstić information content (AvgIpc) is 2.69. The van der Waals surface area contributed by atoms with Crippen molar-refractivity contribution >= 4 is 34.3 Å². The molecule has 2 heterocycles. The lowest BCUT2D eigenvalue weighted by Crippen LogP contribution is -2.33. The molecule has 138 valence electrons. The quantitative estimate of drug-likeness (QED) is 0.722. The number of aromatic amines is 1. The zero-order chi connectivity index (χ0) is 19.0. The highest BCUT2D eigenvalue weighted by molar-refractivity contribution is 7.99. The van der Waals surface area contributed by atoms with Crippen LogP contribution in [0, 0.1) is 5.82 Å². The number of hydrogen-bond donors (Lipinski definition) is 2. The minimum Gasteiger partial charge on any atom is -0.477 e. The summed E-state index contributed by atoms with van der Waals surface area (Å²) in [4.78, 5) is 29.6. The molecule has 0 saturated carbocycles. The number of fused-ring (bicyclic) bond motifs is 1. The van der Waals surface area contributed by atoms with Gasteiger partial charge in [-0.05, 0) is 17.7 Å². The Morgan fingerprint density at radius 3 is 2.52 bits per heavy atom. The van der Waals surface area contributed by atoms with Crippen LogP contribution in [-0.4, -0.2) is 40.7 Å². The number of carbonyl (C=O) groups is 1. The lowest BCUT2D eigenvalue weighted by Gasteiger charge is -2.29. The zero-order valence-corrected chi connectivity index (χ0v) is 15.2. The molecule has 7 heteroatoms. The van der Waals surface area contributed by atoms with Crippen LogP contribution in [-0.2, 0) is 0 Å². The second kappa shape index (κ2) is 7.08. The van der Waals surface area contributed by atoms with Crippen LogP contribution in [0.25, 0.3) is 22.2 Å². The molecular formula is C20H17FN2O3S. The van der Waals surface area contributed by atoms with Crippen molar-refractivity contribution in [2.45, 2.75) is 0 Å². The first-order valence-corrected chi connectivity index (χ1v) is 9.72. The molecule has 0 bridgehead atoms. The van der Waals surface area contributed by atoms with E-state index in [4.69, 9.17) is 0 Å². The lowest BCUT2D eigenvalue weighted by atomic mass is 10.0. The smallest absolute Gasteiger partial charge is 0.341 e. The van der Waals surface area contributed by atoms with E-state index in [0.29, 0.717) is 16.8 Å². The Hall–Kier alpha value is -2.80. The summed E-state index contributed by atoms with van der Waals surface area (Å²) < 4.78 is 14.7. The van der Waals surface area contributed by atoms with Crippen molar-refractivity contribution in [2.24, 2.45) is 0 Å². The van der Waals surface area contributed by atoms with Crippen LogP contribution in [0.3, 0.4) is 0 Å². The number of H-pyrrole nitrogens is 1. The van der Waals surface area contributed by atoms with Crippen LogP contribution in [0.4, 0.5) is 10.1 Å². The summed E-state index contributed by atoms with van der Waals surface area (Å²) in [6, 6.07) is 11.6. The summed E-state index contributed by atoms with van der Waals surface area (Å²) in [5.41, 5.74) is 0.616. The van der Waals surface area contributed by atoms with Crippen molar-refractivity contribution in [1.29, 1.82) is 0 Å². The van der Waals surface area contributed by atoms with Gasteiger partial charge in [-0.2, -0.15) is 11.8 Å². The number of thioether (sulfide) groups is 1. The summed E-state index contributed by atoms with van der Waals surface area (Å²) >= 11 is 1.82. The Bertz CT molecular complexity index is 1080. The van der Waals surface area contributed by atoms with Gasteiger partial charge < -0.3 is 15.0 Å². The molecule has 0 amide bonds. The van der Waals surface area contributed by atoms with Crippen LogP contribution >= 0.6 is 11.8 Å². The molecule has 0 aliphatic carbocycles. The first kappa shape index (κ1) is 17.6. The first-order valence-electron chi connectivity index (χ1n) is 8.57. The maximum absolute atomic E-state index is 14.7. The van der Waals surface area contributed by atoms with E-state index in [0.717, 1.165) is 30.7 Å². The van der Waals surface area contributed by atoms with Gasteiger partial charge in [-0.15, -0.1) is 0 Å². The van der Waals surface area contributed by atoms with Gasteiger partial charge in [0.15, 0.2) is 0 Å². The van der Waals surface area contributed by atoms with Gasteiger partial charge in [0.25, 0.3) is 0 Å². The number of hydrogen-bond acceptors (Lipinski definition) is 4. The minimum atomic E-state index is -1.34. The van der Waals surface area contributed by atoms with Crippen molar-refractivity contribution in [3.63, 3.8) is 0 Å². The number of nitrogens with one attached hydrogen (secondary N) is 1. The van der Waals surface area contributed by atoms with Crippen LogP contribution in [0.1, 0.15) is 10.4 Å². The van der Waals surface area contributed by atoms with Crippen molar-refractivity contribution < 1.29 is 14.3 Å². The molecule has 2 N–H and O–H groups in total. The largest absolute Gasteiger partial charge is 0.477 e. The van der Waals surface area contributed by atoms with E-state index in [-0.39, 0.29) is 16.6 Å². The van der Waals surface area contributed by atoms with Gasteiger partial charge in [-0.3, -0.25) is 4.79 Å². The lowest BCUT2D eigenvalue weighted by molar-refractivity contribution is 0.0696. The Morgan fingerprint density at radius 1 is 1.15 bits per heavy atom. The third-order valence-electron chi connectivity index (χ3n) is 4.70. The number of carboxylic acid groups (broad SMARTS) is 1. The number of aromatic carboxylic acids is 1. The summed E-state index contributed by atoms with van der Waals surface area (Å²) in [6.07, 6.45) is 0. The summed E-state index contributed by atoms with van der Waals surface area (Å²) in [5, 5.41) is 9.61. The predicted molar refractivity (Wildman–Crippen MR) is 106 cm³/mol. The second-order valence-electron chi connectivity index (χ2n) is 6.32. The molecule has 4 rings (SSSR count). The van der Waals surface area contributed by atoms with Gasteiger partial charge in [-0.25, -0.2) is 9.18 Å². The van der Waals surface area contributed by atoms with Crippen LogP contribution in [0.2, 0.25) is 0 Å². The van der Waals surface area contributed by atoms with Gasteiger partial charge in [0.2, 0.25) is 5.43 Å². The summed E-state index contributed by atoms with van der Waals surface area (Å²) in [5.74, 6) is -0.0131. The Labute approximate surface area is 158 Å².